The third-order valence-corrected chi connectivity index (χ3v) is 13.5. The first-order valence-corrected chi connectivity index (χ1v) is 16.2. The number of halogens is 1. The van der Waals surface area contributed by atoms with Crippen molar-refractivity contribution in [3.8, 4) is 5.75 Å². The second-order valence-corrected chi connectivity index (χ2v) is 20.2. The molecule has 1 aromatic rings. The van der Waals surface area contributed by atoms with Crippen molar-refractivity contribution >= 4 is 25.5 Å². The number of phenols is 1. The van der Waals surface area contributed by atoms with E-state index in [-0.39, 0.29) is 43.9 Å². The van der Waals surface area contributed by atoms with Gasteiger partial charge >= 0.3 is 27.0 Å². The van der Waals surface area contributed by atoms with Gasteiger partial charge in [0.25, 0.3) is 0 Å². The van der Waals surface area contributed by atoms with Gasteiger partial charge in [-0.15, -0.1) is 11.1 Å². The molecule has 0 aliphatic rings. The zero-order valence-corrected chi connectivity index (χ0v) is 27.7. The van der Waals surface area contributed by atoms with Gasteiger partial charge in [-0.3, -0.25) is 0 Å². The topological polar surface area (TPSA) is 20.2 Å². The molecule has 0 radical (unpaired) electrons. The quantitative estimate of drug-likeness (QED) is 0.210. The summed E-state index contributed by atoms with van der Waals surface area (Å²) in [7, 11) is 3.98. The van der Waals surface area contributed by atoms with E-state index in [1.54, 1.807) is 0 Å². The summed E-state index contributed by atoms with van der Waals surface area (Å²) >= 11 is 2.02. The fraction of sp³-hybridized carbons (Fsp3) is 0.741. The van der Waals surface area contributed by atoms with Crippen LogP contribution in [0.5, 0.6) is 5.75 Å². The molecule has 1 nitrogen and oxygen atoms in total. The Morgan fingerprint density at radius 2 is 0.875 bits per heavy atom. The Morgan fingerprint density at radius 3 is 1.06 bits per heavy atom. The van der Waals surface area contributed by atoms with Gasteiger partial charge in [-0.1, -0.05) is 113 Å². The molecular weight excluding hydrogens is 541 g/mol. The molecular formula is C27H50ClOP2Rh. The molecule has 0 saturated heterocycles. The summed E-state index contributed by atoms with van der Waals surface area (Å²) < 4.78 is 0. The van der Waals surface area contributed by atoms with Crippen LogP contribution in [0.3, 0.4) is 0 Å². The first kappa shape index (κ1) is 35.0. The minimum atomic E-state index is -0.272. The molecule has 1 aromatic carbocycles. The van der Waals surface area contributed by atoms with Crippen LogP contribution in [0.15, 0.2) is 0 Å². The molecule has 1 N–H and O–H groups in total. The van der Waals surface area contributed by atoms with E-state index < -0.39 is 0 Å². The van der Waals surface area contributed by atoms with Gasteiger partial charge in [-0.05, 0) is 32.9 Å². The number of hydrogen-bond donors (Lipinski definition) is 1. The van der Waals surface area contributed by atoms with E-state index in [9.17, 15) is 5.11 Å². The normalized spacial score (nSPS) is 13.1. The summed E-state index contributed by atoms with van der Waals surface area (Å²) in [6.07, 6.45) is 2.05. The first-order chi connectivity index (χ1) is 13.7. The summed E-state index contributed by atoms with van der Waals surface area (Å²) in [4.78, 5) is 0. The van der Waals surface area contributed by atoms with Gasteiger partial charge in [-0.25, -0.2) is 0 Å². The molecule has 0 atom stereocenters. The molecule has 1 rings (SSSR count). The first-order valence-electron chi connectivity index (χ1n) is 11.1. The van der Waals surface area contributed by atoms with Crippen LogP contribution in [0.4, 0.5) is 0 Å². The van der Waals surface area contributed by atoms with Gasteiger partial charge in [0.2, 0.25) is 0 Å². The number of phenolic OH excluding ortho intramolecular Hbond substituents is 1. The van der Waals surface area contributed by atoms with E-state index in [1.807, 2.05) is 17.3 Å². The molecule has 0 fully saturated rings. The van der Waals surface area contributed by atoms with Crippen molar-refractivity contribution in [2.45, 2.75) is 130 Å². The zero-order valence-electron chi connectivity index (χ0n) is 23.5. The molecule has 190 valence electrons. The van der Waals surface area contributed by atoms with Crippen molar-refractivity contribution in [1.29, 1.82) is 0 Å². The SMILES string of the molecule is Cc1c(CP(C(C)(C)C)C(C)(C)C)[c-]c(CP(C(C)(C)C)C(C)(C)C)c(C)c1O.[CH3-].[Cl][Rh+2]. The summed E-state index contributed by atoms with van der Waals surface area (Å²) in [5, 5.41) is 12.0. The van der Waals surface area contributed by atoms with Crippen molar-refractivity contribution in [2.75, 3.05) is 0 Å². The predicted octanol–water partition coefficient (Wildman–Crippen LogP) is 10.1. The predicted molar refractivity (Wildman–Crippen MR) is 149 cm³/mol. The molecule has 0 saturated carbocycles. The summed E-state index contributed by atoms with van der Waals surface area (Å²) in [6.45, 7) is 32.6. The van der Waals surface area contributed by atoms with Crippen molar-refractivity contribution in [3.05, 3.63) is 35.7 Å². The molecule has 0 heterocycles. The van der Waals surface area contributed by atoms with Crippen LogP contribution >= 0.6 is 25.5 Å². The molecule has 0 aromatic heterocycles. The third-order valence-electron chi connectivity index (χ3n) is 5.79. The Morgan fingerprint density at radius 1 is 0.656 bits per heavy atom. The molecule has 0 amide bonds. The Bertz CT molecular complexity index is 633. The maximum atomic E-state index is 11.0. The molecule has 0 aliphatic heterocycles. The Balaban J connectivity index is 0. The second kappa shape index (κ2) is 12.7. The molecule has 32 heavy (non-hydrogen) atoms. The fourth-order valence-corrected chi connectivity index (χ4v) is 11.7. The van der Waals surface area contributed by atoms with Gasteiger partial charge < -0.3 is 12.5 Å². The molecule has 5 heteroatoms. The van der Waals surface area contributed by atoms with Crippen molar-refractivity contribution < 1.29 is 22.4 Å². The molecule has 0 spiro atoms. The van der Waals surface area contributed by atoms with E-state index in [2.05, 4.69) is 113 Å². The Hall–Kier alpha value is 0.793. The average molecular weight is 591 g/mol. The monoisotopic (exact) mass is 590 g/mol. The molecule has 0 bridgehead atoms. The van der Waals surface area contributed by atoms with Crippen LogP contribution in [-0.2, 0) is 29.6 Å². The summed E-state index contributed by atoms with van der Waals surface area (Å²) in [5.74, 6) is 0.490. The van der Waals surface area contributed by atoms with Crippen molar-refractivity contribution in [1.82, 2.24) is 0 Å². The number of benzene rings is 1. The number of rotatable bonds is 4. The fourth-order valence-electron chi connectivity index (χ4n) is 4.53. The second-order valence-electron chi connectivity index (χ2n) is 12.5. The van der Waals surface area contributed by atoms with Crippen LogP contribution in [0.2, 0.25) is 0 Å². The average Bonchev–Trinajstić information content (AvgIpc) is 2.55. The van der Waals surface area contributed by atoms with Crippen LogP contribution in [-0.4, -0.2) is 25.7 Å². The van der Waals surface area contributed by atoms with E-state index in [0.717, 1.165) is 23.5 Å². The van der Waals surface area contributed by atoms with E-state index in [4.69, 9.17) is 0 Å². The third kappa shape index (κ3) is 9.81. The van der Waals surface area contributed by atoms with Gasteiger partial charge in [0.1, 0.15) is 0 Å². The number of hydrogen-bond acceptors (Lipinski definition) is 1. The van der Waals surface area contributed by atoms with Crippen LogP contribution in [0.25, 0.3) is 0 Å². The Labute approximate surface area is 218 Å². The van der Waals surface area contributed by atoms with Crippen molar-refractivity contribution in [2.24, 2.45) is 0 Å². The van der Waals surface area contributed by atoms with Gasteiger partial charge in [0, 0.05) is 5.75 Å². The minimum absolute atomic E-state index is 0. The van der Waals surface area contributed by atoms with Gasteiger partial charge in [0.15, 0.2) is 0 Å². The zero-order chi connectivity index (χ0) is 25.2. The number of aromatic hydroxyl groups is 1. The Kier molecular flexibility index (Phi) is 13.8. The maximum absolute atomic E-state index is 11.0. The van der Waals surface area contributed by atoms with E-state index >= 15 is 0 Å². The molecule has 0 unspecified atom stereocenters. The van der Waals surface area contributed by atoms with Gasteiger partial charge in [-0.2, -0.15) is 17.2 Å². The van der Waals surface area contributed by atoms with Crippen LogP contribution in [0, 0.1) is 27.3 Å². The van der Waals surface area contributed by atoms with E-state index in [0.29, 0.717) is 5.75 Å². The standard InChI is InChI=1S/C26H47OP2.CH3.ClH.Rh/c1-18-20(16-28(23(3,4)5)24(6,7)8)15-21(19(2)22(18)27)17-29(25(9,10)11)26(12,13)14;;;/h27H,16-17H2,1-14H3;1H3;1H;/q2*-1;;+3/p-1. The molecule has 0 aliphatic carbocycles. The van der Waals surface area contributed by atoms with Gasteiger partial charge in [0.05, 0.1) is 0 Å². The van der Waals surface area contributed by atoms with E-state index in [1.165, 1.54) is 11.1 Å². The van der Waals surface area contributed by atoms with Crippen LogP contribution in [0.1, 0.15) is 105 Å². The van der Waals surface area contributed by atoms with Crippen LogP contribution < -0.4 is 0 Å². The summed E-state index contributed by atoms with van der Waals surface area (Å²) in [5.41, 5.74) is 4.53. The summed E-state index contributed by atoms with van der Waals surface area (Å²) in [6, 6.07) is 3.84. The van der Waals surface area contributed by atoms with Crippen molar-refractivity contribution in [3.63, 3.8) is 0 Å².